The average Bonchev–Trinajstić information content (AvgIpc) is 3.09. The van der Waals surface area contributed by atoms with Crippen molar-refractivity contribution in [1.29, 1.82) is 0 Å². The van der Waals surface area contributed by atoms with Crippen LogP contribution >= 0.6 is 11.3 Å². The number of ether oxygens (including phenoxy) is 1. The second kappa shape index (κ2) is 8.80. The number of hydrogen-bond donors (Lipinski definition) is 1. The first-order chi connectivity index (χ1) is 14.9. The molecule has 1 N–H and O–H groups in total. The van der Waals surface area contributed by atoms with Crippen LogP contribution in [-0.4, -0.2) is 41.6 Å². The van der Waals surface area contributed by atoms with E-state index in [9.17, 15) is 9.59 Å². The van der Waals surface area contributed by atoms with Crippen LogP contribution in [0.4, 0.5) is 5.69 Å². The Hall–Kier alpha value is -2.71. The summed E-state index contributed by atoms with van der Waals surface area (Å²) in [6.45, 7) is 2.34. The molecule has 2 heterocycles. The number of amides is 1. The number of anilines is 1. The van der Waals surface area contributed by atoms with Gasteiger partial charge >= 0.3 is 0 Å². The van der Waals surface area contributed by atoms with Crippen molar-refractivity contribution in [3.8, 4) is 5.75 Å². The first-order valence-corrected chi connectivity index (χ1v) is 11.3. The number of hydrogen-bond acceptors (Lipinski definition) is 6. The number of methoxy groups -OCH3 is 1. The zero-order valence-electron chi connectivity index (χ0n) is 18.4. The number of nitrogens with one attached hydrogen (secondary N) is 1. The van der Waals surface area contributed by atoms with E-state index < -0.39 is 0 Å². The van der Waals surface area contributed by atoms with Crippen molar-refractivity contribution < 1.29 is 9.53 Å². The van der Waals surface area contributed by atoms with E-state index in [0.29, 0.717) is 29.2 Å². The number of rotatable bonds is 6. The molecule has 4 rings (SSSR count). The molecule has 0 spiro atoms. The second-order valence-electron chi connectivity index (χ2n) is 8.30. The van der Waals surface area contributed by atoms with Gasteiger partial charge in [0.1, 0.15) is 22.9 Å². The van der Waals surface area contributed by atoms with Crippen LogP contribution in [0.25, 0.3) is 10.2 Å². The highest BCUT2D eigenvalue weighted by Gasteiger charge is 2.23. The Balaban J connectivity index is 1.73. The maximum Gasteiger partial charge on any atom is 0.263 e. The van der Waals surface area contributed by atoms with Gasteiger partial charge in [-0.15, -0.1) is 11.3 Å². The largest absolute Gasteiger partial charge is 0.495 e. The van der Waals surface area contributed by atoms with Crippen LogP contribution < -0.4 is 15.6 Å². The number of carbonyl (C=O) groups excluding carboxylic acids is 1. The number of aryl methyl sites for hydroxylation is 3. The maximum atomic E-state index is 13.5. The summed E-state index contributed by atoms with van der Waals surface area (Å²) in [7, 11) is 5.42. The second-order valence-corrected chi connectivity index (χ2v) is 9.38. The van der Waals surface area contributed by atoms with E-state index in [1.54, 1.807) is 18.4 Å². The zero-order valence-corrected chi connectivity index (χ0v) is 19.3. The molecule has 164 valence electrons. The molecule has 1 aliphatic carbocycles. The van der Waals surface area contributed by atoms with Gasteiger partial charge in [0, 0.05) is 4.88 Å². The van der Waals surface area contributed by atoms with E-state index in [1.165, 1.54) is 9.44 Å². The van der Waals surface area contributed by atoms with Crippen molar-refractivity contribution in [2.24, 2.45) is 0 Å². The van der Waals surface area contributed by atoms with Crippen LogP contribution in [0.5, 0.6) is 5.75 Å². The lowest BCUT2D eigenvalue weighted by molar-refractivity contribution is -0.116. The number of benzene rings is 1. The van der Waals surface area contributed by atoms with E-state index in [4.69, 9.17) is 9.72 Å². The van der Waals surface area contributed by atoms with Gasteiger partial charge in [-0.2, -0.15) is 0 Å². The molecule has 2 aromatic heterocycles. The van der Waals surface area contributed by atoms with Gasteiger partial charge in [-0.1, -0.05) is 6.07 Å². The molecule has 0 atom stereocenters. The monoisotopic (exact) mass is 440 g/mol. The molecule has 3 aromatic rings. The molecule has 0 radical (unpaired) electrons. The smallest absolute Gasteiger partial charge is 0.263 e. The predicted molar refractivity (Wildman–Crippen MR) is 124 cm³/mol. The van der Waals surface area contributed by atoms with Crippen molar-refractivity contribution in [2.45, 2.75) is 45.7 Å². The minimum absolute atomic E-state index is 0.0906. The first-order valence-electron chi connectivity index (χ1n) is 10.5. The van der Waals surface area contributed by atoms with E-state index in [2.05, 4.69) is 5.32 Å². The van der Waals surface area contributed by atoms with Crippen LogP contribution in [0.15, 0.2) is 23.0 Å². The molecular formula is C23H28N4O3S. The lowest BCUT2D eigenvalue weighted by atomic mass is 9.97. The van der Waals surface area contributed by atoms with Gasteiger partial charge in [0.2, 0.25) is 5.91 Å². The Morgan fingerprint density at radius 1 is 1.29 bits per heavy atom. The molecule has 0 unspecified atom stereocenters. The fraction of sp³-hybridized carbons (Fsp3) is 0.435. The number of nitrogens with zero attached hydrogens (tertiary/aromatic N) is 3. The Morgan fingerprint density at radius 2 is 2.06 bits per heavy atom. The molecule has 31 heavy (non-hydrogen) atoms. The Morgan fingerprint density at radius 3 is 2.81 bits per heavy atom. The van der Waals surface area contributed by atoms with Gasteiger partial charge in [0.05, 0.1) is 24.7 Å². The van der Waals surface area contributed by atoms with Gasteiger partial charge < -0.3 is 15.0 Å². The third kappa shape index (κ3) is 4.36. The van der Waals surface area contributed by atoms with E-state index in [0.717, 1.165) is 41.6 Å². The van der Waals surface area contributed by atoms with Crippen LogP contribution in [0.2, 0.25) is 0 Å². The molecule has 0 fully saturated rings. The normalized spacial score (nSPS) is 13.5. The molecule has 1 aromatic carbocycles. The highest BCUT2D eigenvalue weighted by atomic mass is 32.1. The SMILES string of the molecule is COc1ccc(C)cc1NC(=O)Cn1c(CN(C)C)nc2sc3c(c2c1=O)CCCC3. The number of aromatic nitrogens is 2. The number of carbonyl (C=O) groups is 1. The predicted octanol–water partition coefficient (Wildman–Crippen LogP) is 3.35. The Kier molecular flexibility index (Phi) is 6.11. The van der Waals surface area contributed by atoms with Gasteiger partial charge in [0.25, 0.3) is 5.56 Å². The quantitative estimate of drug-likeness (QED) is 0.636. The average molecular weight is 441 g/mol. The standard InChI is InChI=1S/C23H28N4O3S/c1-14-9-10-17(30-4)16(11-14)24-20(28)13-27-19(12-26(2)3)25-22-21(23(27)29)15-7-5-6-8-18(15)31-22/h9-11H,5-8,12-13H2,1-4H3,(H,24,28). The third-order valence-corrected chi connectivity index (χ3v) is 6.73. The van der Waals surface area contributed by atoms with Crippen LogP contribution in [0, 0.1) is 6.92 Å². The Bertz CT molecular complexity index is 1200. The molecule has 0 saturated heterocycles. The minimum atomic E-state index is -0.281. The highest BCUT2D eigenvalue weighted by molar-refractivity contribution is 7.18. The molecule has 7 nitrogen and oxygen atoms in total. The molecule has 1 aliphatic rings. The van der Waals surface area contributed by atoms with E-state index in [1.807, 2.05) is 44.1 Å². The number of fused-ring (bicyclic) bond motifs is 3. The molecule has 8 heteroatoms. The van der Waals surface area contributed by atoms with Crippen LogP contribution in [-0.2, 0) is 30.7 Å². The summed E-state index contributed by atoms with van der Waals surface area (Å²) in [5.41, 5.74) is 2.62. The minimum Gasteiger partial charge on any atom is -0.495 e. The van der Waals surface area contributed by atoms with Gasteiger partial charge in [-0.3, -0.25) is 14.2 Å². The topological polar surface area (TPSA) is 76.5 Å². The van der Waals surface area contributed by atoms with Crippen molar-refractivity contribution in [3.63, 3.8) is 0 Å². The summed E-state index contributed by atoms with van der Waals surface area (Å²) in [5, 5.41) is 3.60. The zero-order chi connectivity index (χ0) is 22.1. The van der Waals surface area contributed by atoms with Crippen molar-refractivity contribution in [2.75, 3.05) is 26.5 Å². The summed E-state index contributed by atoms with van der Waals surface area (Å²) >= 11 is 1.63. The van der Waals surface area contributed by atoms with E-state index >= 15 is 0 Å². The Labute approximate surface area is 185 Å². The van der Waals surface area contributed by atoms with E-state index in [-0.39, 0.29) is 18.0 Å². The van der Waals surface area contributed by atoms with Gasteiger partial charge in [-0.05, 0) is 70.0 Å². The fourth-order valence-electron chi connectivity index (χ4n) is 4.10. The summed E-state index contributed by atoms with van der Waals surface area (Å²) in [6, 6.07) is 5.60. The van der Waals surface area contributed by atoms with Crippen molar-refractivity contribution >= 4 is 33.1 Å². The van der Waals surface area contributed by atoms with Crippen LogP contribution in [0.3, 0.4) is 0 Å². The summed E-state index contributed by atoms with van der Waals surface area (Å²) < 4.78 is 6.89. The van der Waals surface area contributed by atoms with Gasteiger partial charge in [-0.25, -0.2) is 4.98 Å². The molecular weight excluding hydrogens is 412 g/mol. The molecule has 0 saturated carbocycles. The first kappa shape index (κ1) is 21.5. The molecule has 0 aliphatic heterocycles. The van der Waals surface area contributed by atoms with Crippen LogP contribution in [0.1, 0.15) is 34.7 Å². The highest BCUT2D eigenvalue weighted by Crippen LogP contribution is 2.34. The summed E-state index contributed by atoms with van der Waals surface area (Å²) in [5.74, 6) is 0.906. The number of thiophene rings is 1. The van der Waals surface area contributed by atoms with Crippen molar-refractivity contribution in [1.82, 2.24) is 14.5 Å². The summed E-state index contributed by atoms with van der Waals surface area (Å²) in [4.78, 5) is 35.3. The van der Waals surface area contributed by atoms with Gasteiger partial charge in [0.15, 0.2) is 0 Å². The lowest BCUT2D eigenvalue weighted by Crippen LogP contribution is -2.33. The third-order valence-electron chi connectivity index (χ3n) is 5.54. The fourth-order valence-corrected chi connectivity index (χ4v) is 5.37. The molecule has 0 bridgehead atoms. The molecule has 1 amide bonds. The van der Waals surface area contributed by atoms with Crippen molar-refractivity contribution in [3.05, 3.63) is 50.4 Å². The maximum absolute atomic E-state index is 13.5. The summed E-state index contributed by atoms with van der Waals surface area (Å²) in [6.07, 6.45) is 4.16. The lowest BCUT2D eigenvalue weighted by Gasteiger charge is -2.17.